The maximum atomic E-state index is 14.2. The third kappa shape index (κ3) is 3.74. The Kier molecular flexibility index (Phi) is 4.88. The summed E-state index contributed by atoms with van der Waals surface area (Å²) in [5, 5.41) is 12.1. The van der Waals surface area contributed by atoms with Gasteiger partial charge in [-0.15, -0.1) is 0 Å². The maximum Gasteiger partial charge on any atom is 0.336 e. The molecule has 0 aliphatic carbocycles. The van der Waals surface area contributed by atoms with Crippen LogP contribution in [0.25, 0.3) is 0 Å². The fourth-order valence-corrected chi connectivity index (χ4v) is 3.01. The van der Waals surface area contributed by atoms with Crippen molar-refractivity contribution in [3.05, 3.63) is 28.0 Å². The molecule has 0 unspecified atom stereocenters. The molecular formula is C15H20BrFN2O2. The minimum absolute atomic E-state index is 0.00599. The second-order valence-electron chi connectivity index (χ2n) is 6.06. The summed E-state index contributed by atoms with van der Waals surface area (Å²) < 4.78 is 14.2. The molecule has 0 radical (unpaired) electrons. The first-order valence-corrected chi connectivity index (χ1v) is 7.75. The highest BCUT2D eigenvalue weighted by Gasteiger charge is 2.29. The number of benzene rings is 1. The number of piperidine rings is 1. The van der Waals surface area contributed by atoms with E-state index in [2.05, 4.69) is 40.1 Å². The molecule has 2 N–H and O–H groups in total. The molecule has 0 saturated carbocycles. The Labute approximate surface area is 132 Å². The van der Waals surface area contributed by atoms with Crippen molar-refractivity contribution in [2.45, 2.75) is 19.8 Å². The Morgan fingerprint density at radius 2 is 2.10 bits per heavy atom. The zero-order chi connectivity index (χ0) is 15.6. The Morgan fingerprint density at radius 1 is 1.48 bits per heavy atom. The zero-order valence-electron chi connectivity index (χ0n) is 12.2. The van der Waals surface area contributed by atoms with Crippen LogP contribution in [0.2, 0.25) is 0 Å². The average molecular weight is 359 g/mol. The van der Waals surface area contributed by atoms with E-state index in [0.29, 0.717) is 12.2 Å². The van der Waals surface area contributed by atoms with Gasteiger partial charge in [-0.1, -0.05) is 6.92 Å². The summed E-state index contributed by atoms with van der Waals surface area (Å²) in [5.41, 5.74) is 0.409. The number of likely N-dealkylation sites (tertiary alicyclic amines) is 1. The second-order valence-corrected chi connectivity index (χ2v) is 6.85. The third-order valence-corrected chi connectivity index (χ3v) is 4.99. The molecule has 0 atom stereocenters. The van der Waals surface area contributed by atoms with E-state index >= 15 is 0 Å². The number of carbonyl (C=O) groups is 1. The molecule has 6 heteroatoms. The van der Waals surface area contributed by atoms with Gasteiger partial charge in [-0.2, -0.15) is 0 Å². The Hall–Kier alpha value is -1.14. The molecule has 1 aliphatic heterocycles. The van der Waals surface area contributed by atoms with Gasteiger partial charge in [0.1, 0.15) is 0 Å². The van der Waals surface area contributed by atoms with Gasteiger partial charge >= 0.3 is 5.97 Å². The lowest BCUT2D eigenvalue weighted by atomic mass is 9.80. The molecule has 21 heavy (non-hydrogen) atoms. The number of carboxylic acid groups (broad SMARTS) is 1. The second kappa shape index (κ2) is 6.32. The van der Waals surface area contributed by atoms with E-state index in [1.165, 1.54) is 12.1 Å². The highest BCUT2D eigenvalue weighted by Crippen LogP contribution is 2.32. The first kappa shape index (κ1) is 16.2. The lowest BCUT2D eigenvalue weighted by molar-refractivity contribution is 0.0695. The fourth-order valence-electron chi connectivity index (χ4n) is 2.49. The third-order valence-electron chi connectivity index (χ3n) is 4.21. The molecule has 1 aromatic carbocycles. The number of rotatable bonds is 4. The zero-order valence-corrected chi connectivity index (χ0v) is 13.8. The van der Waals surface area contributed by atoms with E-state index in [4.69, 9.17) is 5.11 Å². The van der Waals surface area contributed by atoms with Gasteiger partial charge in [-0.3, -0.25) is 0 Å². The summed E-state index contributed by atoms with van der Waals surface area (Å²) in [5.74, 6) is -1.69. The van der Waals surface area contributed by atoms with Crippen LogP contribution >= 0.6 is 15.9 Å². The van der Waals surface area contributed by atoms with Crippen LogP contribution in [0.15, 0.2) is 16.6 Å². The summed E-state index contributed by atoms with van der Waals surface area (Å²) in [6, 6.07) is 2.90. The van der Waals surface area contributed by atoms with Crippen LogP contribution in [0, 0.1) is 11.2 Å². The number of halogens is 2. The Morgan fingerprint density at radius 3 is 2.67 bits per heavy atom. The van der Waals surface area contributed by atoms with E-state index in [-0.39, 0.29) is 15.5 Å². The molecule has 0 bridgehead atoms. The summed E-state index contributed by atoms with van der Waals surface area (Å²) in [7, 11) is 2.11. The lowest BCUT2D eigenvalue weighted by Gasteiger charge is -2.38. The number of anilines is 1. The molecule has 4 nitrogen and oxygen atoms in total. The minimum atomic E-state index is -1.14. The normalized spacial score (nSPS) is 18.5. The molecule has 0 spiro atoms. The molecule has 116 valence electrons. The minimum Gasteiger partial charge on any atom is -0.478 e. The molecule has 1 aromatic rings. The standard InChI is InChI=1S/C15H20BrFN2O2/c1-15(5-7-19(2)8-6-15)9-18-11-4-3-10(14(20)21)12(16)13(11)17/h3-4,18H,5-9H2,1-2H3,(H,20,21). The van der Waals surface area contributed by atoms with E-state index in [9.17, 15) is 9.18 Å². The van der Waals surface area contributed by atoms with Crippen LogP contribution in [0.3, 0.4) is 0 Å². The largest absolute Gasteiger partial charge is 0.478 e. The van der Waals surface area contributed by atoms with Crippen molar-refractivity contribution < 1.29 is 14.3 Å². The Balaban J connectivity index is 2.07. The fraction of sp³-hybridized carbons (Fsp3) is 0.533. The van der Waals surface area contributed by atoms with E-state index < -0.39 is 11.8 Å². The maximum absolute atomic E-state index is 14.2. The monoisotopic (exact) mass is 358 g/mol. The van der Waals surface area contributed by atoms with E-state index in [1.807, 2.05) is 0 Å². The van der Waals surface area contributed by atoms with Crippen LogP contribution in [0.4, 0.5) is 10.1 Å². The summed E-state index contributed by atoms with van der Waals surface area (Å²) in [6.45, 7) is 4.97. The first-order chi connectivity index (χ1) is 9.82. The smallest absolute Gasteiger partial charge is 0.336 e. The number of hydrogen-bond acceptors (Lipinski definition) is 3. The first-order valence-electron chi connectivity index (χ1n) is 6.96. The van der Waals surface area contributed by atoms with E-state index in [0.717, 1.165) is 25.9 Å². The van der Waals surface area contributed by atoms with Crippen LogP contribution in [0.1, 0.15) is 30.1 Å². The van der Waals surface area contributed by atoms with Gasteiger partial charge in [-0.05, 0) is 66.5 Å². The topological polar surface area (TPSA) is 52.6 Å². The summed E-state index contributed by atoms with van der Waals surface area (Å²) in [4.78, 5) is 13.2. The summed E-state index contributed by atoms with van der Waals surface area (Å²) in [6.07, 6.45) is 2.12. The van der Waals surface area contributed by atoms with Gasteiger partial charge in [0, 0.05) is 6.54 Å². The van der Waals surface area contributed by atoms with Crippen molar-refractivity contribution in [2.24, 2.45) is 5.41 Å². The van der Waals surface area contributed by atoms with Crippen molar-refractivity contribution >= 4 is 27.6 Å². The van der Waals surface area contributed by atoms with Crippen LogP contribution < -0.4 is 5.32 Å². The Bertz CT molecular complexity index is 543. The lowest BCUT2D eigenvalue weighted by Crippen LogP contribution is -2.40. The van der Waals surface area contributed by atoms with Crippen LogP contribution in [-0.2, 0) is 0 Å². The highest BCUT2D eigenvalue weighted by molar-refractivity contribution is 9.10. The number of aromatic carboxylic acids is 1. The van der Waals surface area contributed by atoms with Crippen molar-refractivity contribution in [1.82, 2.24) is 4.90 Å². The molecular weight excluding hydrogens is 339 g/mol. The molecule has 2 rings (SSSR count). The average Bonchev–Trinajstić information content (AvgIpc) is 2.44. The van der Waals surface area contributed by atoms with Crippen LogP contribution in [0.5, 0.6) is 0 Å². The number of carboxylic acids is 1. The van der Waals surface area contributed by atoms with Gasteiger partial charge < -0.3 is 15.3 Å². The molecule has 1 fully saturated rings. The van der Waals surface area contributed by atoms with Gasteiger partial charge in [0.15, 0.2) is 5.82 Å². The highest BCUT2D eigenvalue weighted by atomic mass is 79.9. The number of nitrogens with zero attached hydrogens (tertiary/aromatic N) is 1. The molecule has 0 aromatic heterocycles. The van der Waals surface area contributed by atoms with Crippen molar-refractivity contribution in [3.63, 3.8) is 0 Å². The van der Waals surface area contributed by atoms with E-state index in [1.54, 1.807) is 0 Å². The number of nitrogens with one attached hydrogen (secondary N) is 1. The van der Waals surface area contributed by atoms with Gasteiger partial charge in [0.05, 0.1) is 15.7 Å². The SMILES string of the molecule is CN1CCC(C)(CNc2ccc(C(=O)O)c(Br)c2F)CC1. The van der Waals surface area contributed by atoms with Crippen molar-refractivity contribution in [3.8, 4) is 0 Å². The molecule has 1 saturated heterocycles. The molecule has 1 aliphatic rings. The molecule has 0 amide bonds. The van der Waals surface area contributed by atoms with Crippen molar-refractivity contribution in [1.29, 1.82) is 0 Å². The van der Waals surface area contributed by atoms with Gasteiger partial charge in [0.25, 0.3) is 0 Å². The number of hydrogen-bond donors (Lipinski definition) is 2. The quantitative estimate of drug-likeness (QED) is 0.865. The molecule has 1 heterocycles. The summed E-state index contributed by atoms with van der Waals surface area (Å²) >= 11 is 3.02. The predicted octanol–water partition coefficient (Wildman–Crippen LogP) is 3.43. The van der Waals surface area contributed by atoms with Gasteiger partial charge in [0.2, 0.25) is 0 Å². The van der Waals surface area contributed by atoms with Gasteiger partial charge in [-0.25, -0.2) is 9.18 Å². The predicted molar refractivity (Wildman–Crippen MR) is 84.4 cm³/mol. The van der Waals surface area contributed by atoms with Crippen molar-refractivity contribution in [2.75, 3.05) is 32.0 Å². The van der Waals surface area contributed by atoms with Crippen LogP contribution in [-0.4, -0.2) is 42.7 Å².